The molecular weight excluding hydrogens is 394 g/mol. The third-order valence-electron chi connectivity index (χ3n) is 5.05. The Hall–Kier alpha value is -3.58. The Morgan fingerprint density at radius 3 is 2.71 bits per heavy atom. The molecule has 0 aliphatic carbocycles. The number of nitrogens with zero attached hydrogens (tertiary/aromatic N) is 2. The van der Waals surface area contributed by atoms with Gasteiger partial charge >= 0.3 is 0 Å². The van der Waals surface area contributed by atoms with Crippen LogP contribution in [0.4, 0.5) is 0 Å². The van der Waals surface area contributed by atoms with Crippen LogP contribution < -0.4 is 14.8 Å². The Labute approximate surface area is 180 Å². The van der Waals surface area contributed by atoms with E-state index in [4.69, 9.17) is 14.6 Å². The monoisotopic (exact) mass is 419 g/mol. The van der Waals surface area contributed by atoms with Gasteiger partial charge in [-0.05, 0) is 42.8 Å². The maximum Gasteiger partial charge on any atom is 0.244 e. The summed E-state index contributed by atoms with van der Waals surface area (Å²) >= 11 is 0. The van der Waals surface area contributed by atoms with Crippen molar-refractivity contribution in [2.75, 3.05) is 19.8 Å². The minimum absolute atomic E-state index is 0.0928. The lowest BCUT2D eigenvalue weighted by atomic mass is 10.1. The SMILES string of the molecule is CC[C@@H](CO)NC(=O)/C=C/c1cn(-c2ccccc2)nc1-c1ccc2c(c1)OCCO2. The highest BCUT2D eigenvalue weighted by Gasteiger charge is 2.16. The van der Waals surface area contributed by atoms with Crippen LogP contribution in [-0.4, -0.2) is 46.7 Å². The molecule has 7 heteroatoms. The lowest BCUT2D eigenvalue weighted by Gasteiger charge is -2.18. The van der Waals surface area contributed by atoms with Gasteiger partial charge in [-0.25, -0.2) is 4.68 Å². The number of aromatic nitrogens is 2. The van der Waals surface area contributed by atoms with E-state index in [1.54, 1.807) is 10.8 Å². The lowest BCUT2D eigenvalue weighted by molar-refractivity contribution is -0.117. The first-order valence-electron chi connectivity index (χ1n) is 10.3. The topological polar surface area (TPSA) is 85.6 Å². The Balaban J connectivity index is 1.69. The van der Waals surface area contributed by atoms with Crippen LogP contribution in [0.5, 0.6) is 11.5 Å². The number of fused-ring (bicyclic) bond motifs is 1. The van der Waals surface area contributed by atoms with E-state index in [-0.39, 0.29) is 18.6 Å². The number of benzene rings is 2. The summed E-state index contributed by atoms with van der Waals surface area (Å²) in [5.74, 6) is 1.13. The molecule has 0 bridgehead atoms. The van der Waals surface area contributed by atoms with Crippen molar-refractivity contribution in [3.63, 3.8) is 0 Å². The summed E-state index contributed by atoms with van der Waals surface area (Å²) in [4.78, 5) is 12.3. The molecule has 1 atom stereocenters. The van der Waals surface area contributed by atoms with Crippen molar-refractivity contribution in [1.29, 1.82) is 0 Å². The molecule has 1 aliphatic rings. The van der Waals surface area contributed by atoms with Crippen LogP contribution in [0.25, 0.3) is 23.0 Å². The molecule has 0 saturated heterocycles. The summed E-state index contributed by atoms with van der Waals surface area (Å²) in [5.41, 5.74) is 3.28. The molecule has 2 N–H and O–H groups in total. The number of aliphatic hydroxyl groups is 1. The highest BCUT2D eigenvalue weighted by molar-refractivity contribution is 5.93. The molecule has 1 aromatic heterocycles. The molecule has 31 heavy (non-hydrogen) atoms. The third kappa shape index (κ3) is 4.78. The molecule has 0 unspecified atom stereocenters. The predicted octanol–water partition coefficient (Wildman–Crippen LogP) is 3.21. The maximum absolute atomic E-state index is 12.3. The van der Waals surface area contributed by atoms with Crippen LogP contribution in [0.15, 0.2) is 60.8 Å². The second-order valence-corrected chi connectivity index (χ2v) is 7.20. The molecule has 4 rings (SSSR count). The van der Waals surface area contributed by atoms with Crippen molar-refractivity contribution >= 4 is 12.0 Å². The van der Waals surface area contributed by atoms with Crippen LogP contribution in [0.2, 0.25) is 0 Å². The van der Waals surface area contributed by atoms with Gasteiger partial charge in [0.05, 0.1) is 18.3 Å². The minimum Gasteiger partial charge on any atom is -0.486 e. The van der Waals surface area contributed by atoms with Gasteiger partial charge in [-0.15, -0.1) is 0 Å². The molecular formula is C24H25N3O4. The average Bonchev–Trinajstić information content (AvgIpc) is 3.26. The van der Waals surface area contributed by atoms with Crippen LogP contribution >= 0.6 is 0 Å². The standard InChI is InChI=1S/C24H25N3O4/c1-2-19(16-28)25-23(29)11-9-18-15-27(20-6-4-3-5-7-20)26-24(18)17-8-10-21-22(14-17)31-13-12-30-21/h3-11,14-15,19,28H,2,12-13,16H2,1H3,(H,25,29)/b11-9+/t19-/m0/s1. The lowest BCUT2D eigenvalue weighted by Crippen LogP contribution is -2.35. The zero-order valence-corrected chi connectivity index (χ0v) is 17.3. The van der Waals surface area contributed by atoms with Crippen molar-refractivity contribution in [2.24, 2.45) is 0 Å². The fourth-order valence-corrected chi connectivity index (χ4v) is 3.33. The predicted molar refractivity (Wildman–Crippen MR) is 118 cm³/mol. The highest BCUT2D eigenvalue weighted by atomic mass is 16.6. The first-order chi connectivity index (χ1) is 15.2. The van der Waals surface area contributed by atoms with Gasteiger partial charge in [0.2, 0.25) is 5.91 Å². The van der Waals surface area contributed by atoms with Crippen molar-refractivity contribution in [2.45, 2.75) is 19.4 Å². The number of para-hydroxylation sites is 1. The van der Waals surface area contributed by atoms with E-state index >= 15 is 0 Å². The van der Waals surface area contributed by atoms with Crippen molar-refractivity contribution in [3.05, 3.63) is 66.4 Å². The van der Waals surface area contributed by atoms with Gasteiger partial charge in [-0.1, -0.05) is 25.1 Å². The molecule has 2 aromatic carbocycles. The van der Waals surface area contributed by atoms with Gasteiger partial charge in [0, 0.05) is 23.4 Å². The van der Waals surface area contributed by atoms with Gasteiger partial charge in [-0.2, -0.15) is 5.10 Å². The van der Waals surface area contributed by atoms with E-state index in [9.17, 15) is 9.90 Å². The quantitative estimate of drug-likeness (QED) is 0.575. The van der Waals surface area contributed by atoms with E-state index in [2.05, 4.69) is 5.32 Å². The van der Waals surface area contributed by atoms with E-state index < -0.39 is 0 Å². The van der Waals surface area contributed by atoms with Crippen LogP contribution in [0, 0.1) is 0 Å². The highest BCUT2D eigenvalue weighted by Crippen LogP contribution is 2.35. The number of hydrogen-bond donors (Lipinski definition) is 2. The van der Waals surface area contributed by atoms with Crippen LogP contribution in [-0.2, 0) is 4.79 Å². The summed E-state index contributed by atoms with van der Waals surface area (Å²) in [6.45, 7) is 2.86. The summed E-state index contributed by atoms with van der Waals surface area (Å²) in [6, 6.07) is 15.2. The van der Waals surface area contributed by atoms with E-state index in [1.165, 1.54) is 6.08 Å². The van der Waals surface area contributed by atoms with Crippen LogP contribution in [0.1, 0.15) is 18.9 Å². The number of ether oxygens (including phenoxy) is 2. The summed E-state index contributed by atoms with van der Waals surface area (Å²) in [5, 5.41) is 16.9. The number of aliphatic hydroxyl groups excluding tert-OH is 1. The van der Waals surface area contributed by atoms with E-state index in [0.29, 0.717) is 31.1 Å². The van der Waals surface area contributed by atoms with Crippen molar-refractivity contribution in [3.8, 4) is 28.4 Å². The second-order valence-electron chi connectivity index (χ2n) is 7.20. The molecule has 1 aliphatic heterocycles. The number of carbonyl (C=O) groups is 1. The van der Waals surface area contributed by atoms with Gasteiger partial charge in [-0.3, -0.25) is 4.79 Å². The number of amides is 1. The number of carbonyl (C=O) groups excluding carboxylic acids is 1. The first-order valence-corrected chi connectivity index (χ1v) is 10.3. The zero-order valence-electron chi connectivity index (χ0n) is 17.3. The van der Waals surface area contributed by atoms with E-state index in [0.717, 1.165) is 22.5 Å². The third-order valence-corrected chi connectivity index (χ3v) is 5.05. The summed E-state index contributed by atoms with van der Waals surface area (Å²) in [6.07, 6.45) is 5.74. The average molecular weight is 419 g/mol. The maximum atomic E-state index is 12.3. The fraction of sp³-hybridized carbons (Fsp3) is 0.250. The molecule has 3 aromatic rings. The Morgan fingerprint density at radius 1 is 1.19 bits per heavy atom. The molecule has 7 nitrogen and oxygen atoms in total. The normalized spacial score (nSPS) is 13.9. The second kappa shape index (κ2) is 9.49. The van der Waals surface area contributed by atoms with Crippen LogP contribution in [0.3, 0.4) is 0 Å². The molecule has 0 radical (unpaired) electrons. The molecule has 2 heterocycles. The molecule has 0 spiro atoms. The molecule has 160 valence electrons. The summed E-state index contributed by atoms with van der Waals surface area (Å²) in [7, 11) is 0. The summed E-state index contributed by atoms with van der Waals surface area (Å²) < 4.78 is 13.1. The van der Waals surface area contributed by atoms with Gasteiger partial charge in [0.15, 0.2) is 11.5 Å². The van der Waals surface area contributed by atoms with Gasteiger partial charge < -0.3 is 19.9 Å². The Bertz CT molecular complexity index is 1070. The largest absolute Gasteiger partial charge is 0.486 e. The number of hydrogen-bond acceptors (Lipinski definition) is 5. The van der Waals surface area contributed by atoms with Gasteiger partial charge in [0.25, 0.3) is 0 Å². The van der Waals surface area contributed by atoms with E-state index in [1.807, 2.05) is 61.7 Å². The smallest absolute Gasteiger partial charge is 0.244 e. The van der Waals surface area contributed by atoms with Crippen molar-refractivity contribution in [1.82, 2.24) is 15.1 Å². The zero-order chi connectivity index (χ0) is 21.6. The number of nitrogens with one attached hydrogen (secondary N) is 1. The fourth-order valence-electron chi connectivity index (χ4n) is 3.33. The molecule has 1 amide bonds. The Kier molecular flexibility index (Phi) is 6.33. The minimum atomic E-state index is -0.263. The molecule has 0 saturated carbocycles. The number of rotatable bonds is 7. The first kappa shape index (κ1) is 20.7. The molecule has 0 fully saturated rings. The van der Waals surface area contributed by atoms with Crippen molar-refractivity contribution < 1.29 is 19.4 Å². The van der Waals surface area contributed by atoms with Gasteiger partial charge in [0.1, 0.15) is 18.9 Å². The Morgan fingerprint density at radius 2 is 1.97 bits per heavy atom.